The molecule has 0 bridgehead atoms. The number of aryl methyl sites for hydroxylation is 2. The van der Waals surface area contributed by atoms with Gasteiger partial charge in [-0.1, -0.05) is 146 Å². The number of hydrogen-bond donors (Lipinski definition) is 0. The highest BCUT2D eigenvalue weighted by atomic mass is 14.3. The Hall–Kier alpha value is -5.46. The molecule has 0 saturated heterocycles. The van der Waals surface area contributed by atoms with Crippen LogP contribution in [0.1, 0.15) is 11.1 Å². The van der Waals surface area contributed by atoms with Crippen molar-refractivity contribution in [3.8, 4) is 44.5 Å². The average molecular weight is 561 g/mol. The molecule has 0 aliphatic heterocycles. The first-order chi connectivity index (χ1) is 21.7. The van der Waals surface area contributed by atoms with E-state index in [0.717, 1.165) is 0 Å². The minimum absolute atomic E-state index is 1.22. The topological polar surface area (TPSA) is 0 Å². The monoisotopic (exact) mass is 560 g/mol. The molecule has 0 atom stereocenters. The fourth-order valence-electron chi connectivity index (χ4n) is 7.18. The van der Waals surface area contributed by atoms with Gasteiger partial charge in [-0.05, 0) is 114 Å². The van der Waals surface area contributed by atoms with Gasteiger partial charge >= 0.3 is 0 Å². The van der Waals surface area contributed by atoms with Crippen molar-refractivity contribution in [2.75, 3.05) is 0 Å². The van der Waals surface area contributed by atoms with Crippen LogP contribution in [0.5, 0.6) is 0 Å². The maximum absolute atomic E-state index is 2.48. The average Bonchev–Trinajstić information content (AvgIpc) is 3.10. The van der Waals surface area contributed by atoms with Crippen LogP contribution in [-0.2, 0) is 0 Å². The van der Waals surface area contributed by atoms with Gasteiger partial charge in [0.25, 0.3) is 0 Å². The number of benzene rings is 8. The maximum atomic E-state index is 2.48. The largest absolute Gasteiger partial charge is 0.0622 e. The molecule has 8 aromatic carbocycles. The number of rotatable bonds is 4. The molecule has 0 nitrogen and oxygen atoms in total. The molecule has 0 amide bonds. The molecule has 0 aliphatic carbocycles. The summed E-state index contributed by atoms with van der Waals surface area (Å²) in [6.45, 7) is 4.57. The zero-order valence-electron chi connectivity index (χ0n) is 25.0. The summed E-state index contributed by atoms with van der Waals surface area (Å²) in [6, 6.07) is 57.6. The van der Waals surface area contributed by atoms with E-state index in [2.05, 4.69) is 172 Å². The molecule has 0 unspecified atom stereocenters. The van der Waals surface area contributed by atoms with E-state index < -0.39 is 0 Å². The van der Waals surface area contributed by atoms with Crippen LogP contribution in [0.15, 0.2) is 158 Å². The Morgan fingerprint density at radius 2 is 0.523 bits per heavy atom. The standard InChI is InChI=1S/C44H32/c1-29-35-25-15-16-26-36(35)30(2)38-28-40-39(27-37(29)38)41(31-17-7-3-8-18-31)43(33-21-11-5-12-22-33)44(34-23-13-6-14-24-34)42(40)32-19-9-4-10-20-32/h3-28H,1-2H3. The molecule has 8 rings (SSSR count). The van der Waals surface area contributed by atoms with Gasteiger partial charge in [0, 0.05) is 0 Å². The fraction of sp³-hybridized carbons (Fsp3) is 0.0455. The molecule has 0 spiro atoms. The molecule has 0 saturated carbocycles. The summed E-state index contributed by atoms with van der Waals surface area (Å²) in [5.41, 5.74) is 12.6. The summed E-state index contributed by atoms with van der Waals surface area (Å²) in [5, 5.41) is 7.83. The van der Waals surface area contributed by atoms with Gasteiger partial charge in [0.05, 0.1) is 0 Å². The molecular weight excluding hydrogens is 528 g/mol. The van der Waals surface area contributed by atoms with Crippen LogP contribution in [0.3, 0.4) is 0 Å². The minimum Gasteiger partial charge on any atom is -0.0622 e. The van der Waals surface area contributed by atoms with Crippen molar-refractivity contribution in [1.29, 1.82) is 0 Å². The smallest absolute Gasteiger partial charge is 0.00141 e. The molecule has 0 radical (unpaired) electrons. The van der Waals surface area contributed by atoms with Crippen molar-refractivity contribution in [1.82, 2.24) is 0 Å². The third kappa shape index (κ3) is 4.14. The lowest BCUT2D eigenvalue weighted by molar-refractivity contribution is 1.53. The van der Waals surface area contributed by atoms with Crippen LogP contribution >= 0.6 is 0 Å². The lowest BCUT2D eigenvalue weighted by Crippen LogP contribution is -1.98. The highest BCUT2D eigenvalue weighted by Gasteiger charge is 2.25. The Bertz CT molecular complexity index is 2130. The Morgan fingerprint density at radius 1 is 0.250 bits per heavy atom. The van der Waals surface area contributed by atoms with Crippen molar-refractivity contribution in [3.05, 3.63) is 169 Å². The molecule has 44 heavy (non-hydrogen) atoms. The van der Waals surface area contributed by atoms with Crippen molar-refractivity contribution >= 4 is 32.3 Å². The van der Waals surface area contributed by atoms with E-state index in [-0.39, 0.29) is 0 Å². The van der Waals surface area contributed by atoms with Gasteiger partial charge < -0.3 is 0 Å². The van der Waals surface area contributed by atoms with Gasteiger partial charge in [-0.25, -0.2) is 0 Å². The Labute approximate surface area is 258 Å². The molecule has 0 aliphatic rings. The lowest BCUT2D eigenvalue weighted by Gasteiger charge is -2.25. The van der Waals surface area contributed by atoms with E-state index in [1.807, 2.05) is 0 Å². The van der Waals surface area contributed by atoms with Crippen LogP contribution < -0.4 is 0 Å². The normalized spacial score (nSPS) is 11.4. The van der Waals surface area contributed by atoms with Gasteiger partial charge in [-0.15, -0.1) is 0 Å². The highest BCUT2D eigenvalue weighted by molar-refractivity contribution is 6.22. The van der Waals surface area contributed by atoms with Gasteiger partial charge in [0.15, 0.2) is 0 Å². The van der Waals surface area contributed by atoms with Gasteiger partial charge in [-0.3, -0.25) is 0 Å². The van der Waals surface area contributed by atoms with Crippen molar-refractivity contribution < 1.29 is 0 Å². The predicted octanol–water partition coefficient (Wildman–Crippen LogP) is 12.4. The van der Waals surface area contributed by atoms with Crippen molar-refractivity contribution in [2.45, 2.75) is 13.8 Å². The Balaban J connectivity index is 1.69. The Morgan fingerprint density at radius 3 is 0.841 bits per heavy atom. The molecule has 8 aromatic rings. The van der Waals surface area contributed by atoms with Crippen LogP contribution in [0, 0.1) is 13.8 Å². The summed E-state index contributed by atoms with van der Waals surface area (Å²) in [7, 11) is 0. The molecular formula is C44H32. The summed E-state index contributed by atoms with van der Waals surface area (Å²) >= 11 is 0. The molecule has 0 heterocycles. The molecule has 208 valence electrons. The number of hydrogen-bond acceptors (Lipinski definition) is 0. The van der Waals surface area contributed by atoms with E-state index in [0.29, 0.717) is 0 Å². The van der Waals surface area contributed by atoms with Crippen LogP contribution in [-0.4, -0.2) is 0 Å². The fourth-order valence-corrected chi connectivity index (χ4v) is 7.18. The third-order valence-electron chi connectivity index (χ3n) is 9.24. The summed E-state index contributed by atoms with van der Waals surface area (Å²) in [4.78, 5) is 0. The second-order valence-corrected chi connectivity index (χ2v) is 11.7. The van der Waals surface area contributed by atoms with Gasteiger partial charge in [0.1, 0.15) is 0 Å². The van der Waals surface area contributed by atoms with Crippen molar-refractivity contribution in [2.24, 2.45) is 0 Å². The van der Waals surface area contributed by atoms with Gasteiger partial charge in [0.2, 0.25) is 0 Å². The lowest BCUT2D eigenvalue weighted by atomic mass is 9.78. The SMILES string of the molecule is Cc1c2ccccc2c(C)c2cc3c(-c4ccccc4)c(-c4ccccc4)c(-c4ccccc4)c(-c4ccccc4)c3cc12. The van der Waals surface area contributed by atoms with Crippen LogP contribution in [0.4, 0.5) is 0 Å². The molecule has 0 aromatic heterocycles. The highest BCUT2D eigenvalue weighted by Crippen LogP contribution is 2.52. The second kappa shape index (κ2) is 10.7. The van der Waals surface area contributed by atoms with E-state index in [4.69, 9.17) is 0 Å². The summed E-state index contributed by atoms with van der Waals surface area (Å²) in [6.07, 6.45) is 0. The van der Waals surface area contributed by atoms with E-state index in [1.165, 1.54) is 88.0 Å². The second-order valence-electron chi connectivity index (χ2n) is 11.7. The molecule has 0 fully saturated rings. The molecule has 0 heteroatoms. The maximum Gasteiger partial charge on any atom is -0.00141 e. The molecule has 0 N–H and O–H groups in total. The first kappa shape index (κ1) is 26.2. The van der Waals surface area contributed by atoms with Gasteiger partial charge in [-0.2, -0.15) is 0 Å². The van der Waals surface area contributed by atoms with Crippen LogP contribution in [0.25, 0.3) is 76.8 Å². The number of fused-ring (bicyclic) bond motifs is 3. The predicted molar refractivity (Wildman–Crippen MR) is 190 cm³/mol. The first-order valence-electron chi connectivity index (χ1n) is 15.4. The van der Waals surface area contributed by atoms with E-state index in [1.54, 1.807) is 0 Å². The zero-order valence-corrected chi connectivity index (χ0v) is 25.0. The summed E-state index contributed by atoms with van der Waals surface area (Å²) in [5.74, 6) is 0. The first-order valence-corrected chi connectivity index (χ1v) is 15.4. The quantitative estimate of drug-likeness (QED) is 0.188. The minimum atomic E-state index is 1.22. The van der Waals surface area contributed by atoms with E-state index >= 15 is 0 Å². The Kier molecular flexibility index (Phi) is 6.35. The van der Waals surface area contributed by atoms with Crippen LogP contribution in [0.2, 0.25) is 0 Å². The summed E-state index contributed by atoms with van der Waals surface area (Å²) < 4.78 is 0. The van der Waals surface area contributed by atoms with Crippen molar-refractivity contribution in [3.63, 3.8) is 0 Å². The zero-order chi connectivity index (χ0) is 29.6. The van der Waals surface area contributed by atoms with E-state index in [9.17, 15) is 0 Å². The third-order valence-corrected chi connectivity index (χ3v) is 9.24.